The van der Waals surface area contributed by atoms with Gasteiger partial charge in [0.1, 0.15) is 11.5 Å². The van der Waals surface area contributed by atoms with E-state index in [-0.39, 0.29) is 0 Å². The van der Waals surface area contributed by atoms with E-state index in [0.717, 1.165) is 0 Å². The van der Waals surface area contributed by atoms with Crippen LogP contribution in [-0.4, -0.2) is 28.9 Å². The van der Waals surface area contributed by atoms with Crippen LogP contribution in [0.1, 0.15) is 11.5 Å². The van der Waals surface area contributed by atoms with Crippen molar-refractivity contribution in [2.45, 2.75) is 0 Å². The molecule has 5 heteroatoms. The molecule has 0 amide bonds. The van der Waals surface area contributed by atoms with Gasteiger partial charge in [0, 0.05) is 0 Å². The Morgan fingerprint density at radius 3 is 0.723 bits per heavy atom. The molecule has 0 atom stereocenters. The molecule has 0 fully saturated rings. The molecule has 7 rings (SSSR count). The van der Waals surface area contributed by atoms with Crippen molar-refractivity contribution in [3.63, 3.8) is 0 Å². The van der Waals surface area contributed by atoms with Gasteiger partial charge in [0.15, 0.2) is 0 Å². The van der Waals surface area contributed by atoms with Crippen LogP contribution in [0.15, 0.2) is 208 Å². The average molecular weight is 639 g/mol. The van der Waals surface area contributed by atoms with Crippen molar-refractivity contribution in [3.8, 4) is 0 Å². The van der Waals surface area contributed by atoms with Crippen molar-refractivity contribution >= 4 is 60.0 Å². The Kier molecular flexibility index (Phi) is 8.82. The minimum Gasteiger partial charge on any atom is -0.454 e. The maximum absolute atomic E-state index is 6.44. The van der Waals surface area contributed by atoms with Crippen LogP contribution in [0.3, 0.4) is 0 Å². The summed E-state index contributed by atoms with van der Waals surface area (Å²) >= 11 is 0. The summed E-state index contributed by atoms with van der Waals surface area (Å²) in [5, 5.41) is 7.29. The molecule has 0 aliphatic carbocycles. The van der Waals surface area contributed by atoms with Crippen LogP contribution in [0, 0.1) is 0 Å². The molecule has 0 aliphatic heterocycles. The van der Waals surface area contributed by atoms with Crippen molar-refractivity contribution < 1.29 is 4.42 Å². The normalized spacial score (nSPS) is 12.1. The summed E-state index contributed by atoms with van der Waals surface area (Å²) in [5.41, 5.74) is 0. The second kappa shape index (κ2) is 13.8. The standard InChI is InChI=1S/C42H34N2OSi2/c1-7-19-37(20-8-1)46(38-21-9-2-10-22-38,39-23-11-3-12-24-39)43-33-35-31-32-36(45-35)34-44-47(40-25-13-4-14-26-40,41-27-15-5-16-28-41)42-29-17-6-18-30-42/h1-34H/b43-33+,44-34+. The predicted octanol–water partition coefficient (Wildman–Crippen LogP) is 5.45. The molecule has 1 aromatic heterocycles. The molecule has 1 heterocycles. The Labute approximate surface area is 278 Å². The Bertz CT molecular complexity index is 1720. The van der Waals surface area contributed by atoms with Crippen molar-refractivity contribution in [1.82, 2.24) is 0 Å². The maximum atomic E-state index is 6.44. The number of hydrogen-bond donors (Lipinski definition) is 0. The van der Waals surface area contributed by atoms with E-state index in [4.69, 9.17) is 13.7 Å². The minimum absolute atomic E-state index is 0.692. The highest BCUT2D eigenvalue weighted by Crippen LogP contribution is 2.14. The van der Waals surface area contributed by atoms with Gasteiger partial charge in [0.25, 0.3) is 16.5 Å². The quantitative estimate of drug-likeness (QED) is 0.112. The SMILES string of the molecule is C(=N\[Si](c1ccccc1)(c1ccccc1)c1ccccc1)/c1ccc(/C=N/[Si](c2ccccc2)(c2ccccc2)c2ccccc2)o1. The second-order valence-electron chi connectivity index (χ2n) is 11.4. The monoisotopic (exact) mass is 638 g/mol. The van der Waals surface area contributed by atoms with Crippen molar-refractivity contribution in [1.29, 1.82) is 0 Å². The van der Waals surface area contributed by atoms with E-state index in [1.165, 1.54) is 31.1 Å². The van der Waals surface area contributed by atoms with Crippen LogP contribution in [-0.2, 0) is 0 Å². The van der Waals surface area contributed by atoms with E-state index >= 15 is 0 Å². The van der Waals surface area contributed by atoms with E-state index in [1.807, 2.05) is 24.6 Å². The largest absolute Gasteiger partial charge is 0.454 e. The molecule has 0 aliphatic rings. The first-order chi connectivity index (χ1) is 23.3. The summed E-state index contributed by atoms with van der Waals surface area (Å²) in [5.74, 6) is 1.38. The summed E-state index contributed by atoms with van der Waals surface area (Å²) in [6, 6.07) is 67.9. The van der Waals surface area contributed by atoms with E-state index in [2.05, 4.69) is 182 Å². The van der Waals surface area contributed by atoms with Crippen molar-refractivity contribution in [2.75, 3.05) is 0 Å². The highest BCUT2D eigenvalue weighted by Gasteiger charge is 2.41. The number of hydrogen-bond acceptors (Lipinski definition) is 3. The first kappa shape index (κ1) is 30.1. The van der Waals surface area contributed by atoms with Gasteiger partial charge in [-0.15, -0.1) is 0 Å². The minimum atomic E-state index is -2.80. The van der Waals surface area contributed by atoms with Gasteiger partial charge < -0.3 is 13.7 Å². The van der Waals surface area contributed by atoms with E-state index in [0.29, 0.717) is 11.5 Å². The lowest BCUT2D eigenvalue weighted by Crippen LogP contribution is -2.66. The fourth-order valence-electron chi connectivity index (χ4n) is 6.35. The van der Waals surface area contributed by atoms with Gasteiger partial charge in [-0.1, -0.05) is 182 Å². The second-order valence-corrected chi connectivity index (χ2v) is 18.2. The molecular weight excluding hydrogens is 605 g/mol. The van der Waals surface area contributed by atoms with Crippen LogP contribution < -0.4 is 31.1 Å². The van der Waals surface area contributed by atoms with Crippen molar-refractivity contribution in [3.05, 3.63) is 206 Å². The summed E-state index contributed by atoms with van der Waals surface area (Å²) in [7, 11) is -5.59. The van der Waals surface area contributed by atoms with Gasteiger partial charge in [0.05, 0.1) is 12.4 Å². The summed E-state index contributed by atoms with van der Waals surface area (Å²) in [6.45, 7) is 0. The first-order valence-corrected chi connectivity index (χ1v) is 19.7. The van der Waals surface area contributed by atoms with Gasteiger partial charge >= 0.3 is 0 Å². The molecule has 0 unspecified atom stereocenters. The highest BCUT2D eigenvalue weighted by molar-refractivity contribution is 7.11. The average Bonchev–Trinajstić information content (AvgIpc) is 3.63. The van der Waals surface area contributed by atoms with E-state index < -0.39 is 16.5 Å². The summed E-state index contributed by atoms with van der Waals surface area (Å²) < 4.78 is 17.4. The summed E-state index contributed by atoms with van der Waals surface area (Å²) in [6.07, 6.45) is 3.82. The molecule has 0 bridgehead atoms. The fourth-order valence-corrected chi connectivity index (χ4v) is 13.9. The molecule has 47 heavy (non-hydrogen) atoms. The third-order valence-electron chi connectivity index (χ3n) is 8.57. The van der Waals surface area contributed by atoms with Crippen LogP contribution >= 0.6 is 0 Å². The van der Waals surface area contributed by atoms with Gasteiger partial charge in [0.2, 0.25) is 0 Å². The molecule has 0 saturated heterocycles. The fraction of sp³-hybridized carbons (Fsp3) is 0. The Morgan fingerprint density at radius 2 is 0.511 bits per heavy atom. The molecule has 0 spiro atoms. The highest BCUT2D eigenvalue weighted by atomic mass is 28.3. The molecule has 0 radical (unpaired) electrons. The number of benzene rings is 6. The lowest BCUT2D eigenvalue weighted by Gasteiger charge is -2.29. The van der Waals surface area contributed by atoms with Gasteiger partial charge in [-0.3, -0.25) is 0 Å². The Hall–Kier alpha value is -5.63. The zero-order chi connectivity index (χ0) is 31.8. The number of rotatable bonds is 10. The predicted molar refractivity (Wildman–Crippen MR) is 202 cm³/mol. The third-order valence-corrected chi connectivity index (χ3v) is 16.6. The molecule has 3 nitrogen and oxygen atoms in total. The topological polar surface area (TPSA) is 37.9 Å². The van der Waals surface area contributed by atoms with Gasteiger partial charge in [-0.2, -0.15) is 0 Å². The molecule has 0 saturated carbocycles. The van der Waals surface area contributed by atoms with Crippen LogP contribution in [0.2, 0.25) is 0 Å². The zero-order valence-electron chi connectivity index (χ0n) is 25.9. The van der Waals surface area contributed by atoms with Gasteiger partial charge in [-0.25, -0.2) is 0 Å². The molecular formula is C42H34N2OSi2. The number of furan rings is 1. The zero-order valence-corrected chi connectivity index (χ0v) is 27.9. The summed E-state index contributed by atoms with van der Waals surface area (Å²) in [4.78, 5) is 0. The molecule has 226 valence electrons. The van der Waals surface area contributed by atoms with E-state index in [1.54, 1.807) is 0 Å². The molecule has 7 aromatic rings. The third kappa shape index (κ3) is 6.02. The van der Waals surface area contributed by atoms with Crippen LogP contribution in [0.5, 0.6) is 0 Å². The van der Waals surface area contributed by atoms with Crippen molar-refractivity contribution in [2.24, 2.45) is 9.32 Å². The molecule has 0 N–H and O–H groups in total. The van der Waals surface area contributed by atoms with Gasteiger partial charge in [-0.05, 0) is 43.3 Å². The lowest BCUT2D eigenvalue weighted by atomic mass is 10.3. The van der Waals surface area contributed by atoms with E-state index in [9.17, 15) is 0 Å². The Morgan fingerprint density at radius 1 is 0.298 bits per heavy atom. The maximum Gasteiger partial charge on any atom is 0.273 e. The van der Waals surface area contributed by atoms with Crippen LogP contribution in [0.4, 0.5) is 0 Å². The Balaban J connectivity index is 1.32. The smallest absolute Gasteiger partial charge is 0.273 e. The van der Waals surface area contributed by atoms with Crippen LogP contribution in [0.25, 0.3) is 0 Å². The lowest BCUT2D eigenvalue weighted by molar-refractivity contribution is 0.554. The number of nitrogens with zero attached hydrogens (tertiary/aromatic N) is 2. The first-order valence-electron chi connectivity index (χ1n) is 15.8. The molecule has 6 aromatic carbocycles.